The number of aryl methyl sites for hydroxylation is 2. The fraction of sp³-hybridized carbons (Fsp3) is 0.636. The summed E-state index contributed by atoms with van der Waals surface area (Å²) >= 11 is 0. The number of likely N-dealkylation sites (tertiary alicyclic amines) is 2. The number of amides is 2. The zero-order chi connectivity index (χ0) is 20.9. The van der Waals surface area contributed by atoms with Crippen LogP contribution in [0.5, 0.6) is 0 Å². The molecule has 1 aromatic carbocycles. The maximum Gasteiger partial charge on any atom is 0.248 e. The van der Waals surface area contributed by atoms with Gasteiger partial charge in [0.25, 0.3) is 0 Å². The molecule has 2 heterocycles. The normalized spacial score (nSPS) is 23.5. The van der Waals surface area contributed by atoms with Crippen LogP contribution >= 0.6 is 0 Å². The SMILES string of the molecule is COCCOCC(=O)N1C[C@H]2CN(C(=O)CCc3ccc(C)cc3)C[C@@]2(CO)C1. The maximum atomic E-state index is 12.7. The van der Waals surface area contributed by atoms with E-state index in [-0.39, 0.29) is 30.9 Å². The molecule has 7 nitrogen and oxygen atoms in total. The van der Waals surface area contributed by atoms with E-state index in [0.29, 0.717) is 45.8 Å². The van der Waals surface area contributed by atoms with Crippen molar-refractivity contribution in [1.29, 1.82) is 0 Å². The summed E-state index contributed by atoms with van der Waals surface area (Å²) in [5.74, 6) is 0.160. The molecule has 160 valence electrons. The number of carbonyl (C=O) groups is 2. The summed E-state index contributed by atoms with van der Waals surface area (Å²) in [5.41, 5.74) is 1.95. The molecule has 2 fully saturated rings. The molecular weight excluding hydrogens is 372 g/mol. The Morgan fingerprint density at radius 1 is 1.10 bits per heavy atom. The van der Waals surface area contributed by atoms with Crippen LogP contribution < -0.4 is 0 Å². The Morgan fingerprint density at radius 3 is 2.34 bits per heavy atom. The van der Waals surface area contributed by atoms with Crippen molar-refractivity contribution < 1.29 is 24.2 Å². The standard InChI is InChI=1S/C22H32N2O5/c1-17-3-5-18(6-4-17)7-8-20(26)23-11-19-12-24(15-22(19,14-23)16-25)21(27)13-29-10-9-28-2/h3-6,19,25H,7-16H2,1-2H3/t19-,22+/m1/s1. The van der Waals surface area contributed by atoms with Gasteiger partial charge in [-0.1, -0.05) is 29.8 Å². The summed E-state index contributed by atoms with van der Waals surface area (Å²) in [6, 6.07) is 8.25. The Kier molecular flexibility index (Phi) is 7.27. The van der Waals surface area contributed by atoms with E-state index in [1.54, 1.807) is 12.0 Å². The summed E-state index contributed by atoms with van der Waals surface area (Å²) in [6.45, 7) is 5.04. The van der Waals surface area contributed by atoms with Crippen LogP contribution in [-0.4, -0.2) is 86.4 Å². The molecule has 3 rings (SSSR count). The molecule has 29 heavy (non-hydrogen) atoms. The average molecular weight is 405 g/mol. The van der Waals surface area contributed by atoms with E-state index in [2.05, 4.69) is 24.3 Å². The van der Waals surface area contributed by atoms with E-state index in [9.17, 15) is 14.7 Å². The number of ether oxygens (including phenoxy) is 2. The molecule has 2 saturated heterocycles. The molecule has 0 spiro atoms. The van der Waals surface area contributed by atoms with Crippen LogP contribution in [0, 0.1) is 18.3 Å². The van der Waals surface area contributed by atoms with Gasteiger partial charge in [-0.15, -0.1) is 0 Å². The van der Waals surface area contributed by atoms with Crippen molar-refractivity contribution in [1.82, 2.24) is 9.80 Å². The summed E-state index contributed by atoms with van der Waals surface area (Å²) < 4.78 is 10.2. The fourth-order valence-corrected chi connectivity index (χ4v) is 4.34. The lowest BCUT2D eigenvalue weighted by Crippen LogP contribution is -2.41. The Morgan fingerprint density at radius 2 is 1.76 bits per heavy atom. The quantitative estimate of drug-likeness (QED) is 0.618. The number of hydrogen-bond donors (Lipinski definition) is 1. The zero-order valence-corrected chi connectivity index (χ0v) is 17.4. The fourth-order valence-electron chi connectivity index (χ4n) is 4.34. The number of aliphatic hydroxyl groups excluding tert-OH is 1. The first kappa shape index (κ1) is 21.7. The third kappa shape index (κ3) is 5.15. The van der Waals surface area contributed by atoms with Gasteiger partial charge in [0.1, 0.15) is 6.61 Å². The second kappa shape index (κ2) is 9.69. The molecule has 1 N–H and O–H groups in total. The third-order valence-corrected chi connectivity index (χ3v) is 6.18. The van der Waals surface area contributed by atoms with Gasteiger partial charge >= 0.3 is 0 Å². The van der Waals surface area contributed by atoms with Gasteiger partial charge in [0.2, 0.25) is 11.8 Å². The van der Waals surface area contributed by atoms with Crippen molar-refractivity contribution in [2.75, 3.05) is 59.7 Å². The molecule has 1 aromatic rings. The monoisotopic (exact) mass is 404 g/mol. The highest BCUT2D eigenvalue weighted by Gasteiger charge is 2.53. The highest BCUT2D eigenvalue weighted by atomic mass is 16.5. The van der Waals surface area contributed by atoms with Crippen molar-refractivity contribution in [3.8, 4) is 0 Å². The van der Waals surface area contributed by atoms with Crippen LogP contribution in [0.3, 0.4) is 0 Å². The Balaban J connectivity index is 1.50. The van der Waals surface area contributed by atoms with Crippen molar-refractivity contribution in [2.45, 2.75) is 19.8 Å². The summed E-state index contributed by atoms with van der Waals surface area (Å²) in [4.78, 5) is 28.8. The van der Waals surface area contributed by atoms with Gasteiger partial charge in [0.05, 0.1) is 19.8 Å². The number of nitrogens with zero attached hydrogens (tertiary/aromatic N) is 2. The molecule has 0 aliphatic carbocycles. The third-order valence-electron chi connectivity index (χ3n) is 6.18. The minimum absolute atomic E-state index is 0.0201. The van der Waals surface area contributed by atoms with E-state index in [4.69, 9.17) is 9.47 Å². The topological polar surface area (TPSA) is 79.3 Å². The van der Waals surface area contributed by atoms with Gasteiger partial charge in [-0.2, -0.15) is 0 Å². The van der Waals surface area contributed by atoms with Gasteiger partial charge in [-0.05, 0) is 18.9 Å². The smallest absolute Gasteiger partial charge is 0.248 e. The van der Waals surface area contributed by atoms with Crippen LogP contribution in [0.4, 0.5) is 0 Å². The van der Waals surface area contributed by atoms with E-state index in [1.807, 2.05) is 11.8 Å². The number of carbonyl (C=O) groups excluding carboxylic acids is 2. The lowest BCUT2D eigenvalue weighted by Gasteiger charge is -2.27. The summed E-state index contributed by atoms with van der Waals surface area (Å²) in [7, 11) is 1.59. The highest BCUT2D eigenvalue weighted by molar-refractivity contribution is 5.79. The first-order valence-electron chi connectivity index (χ1n) is 10.3. The second-order valence-corrected chi connectivity index (χ2v) is 8.30. The maximum absolute atomic E-state index is 12.7. The zero-order valence-electron chi connectivity index (χ0n) is 17.4. The molecule has 2 aliphatic rings. The number of aliphatic hydroxyl groups is 1. The highest BCUT2D eigenvalue weighted by Crippen LogP contribution is 2.42. The van der Waals surface area contributed by atoms with Crippen LogP contribution in [-0.2, 0) is 25.5 Å². The Hall–Kier alpha value is -1.96. The molecule has 0 radical (unpaired) electrons. The van der Waals surface area contributed by atoms with Crippen LogP contribution in [0.2, 0.25) is 0 Å². The first-order valence-corrected chi connectivity index (χ1v) is 10.3. The summed E-state index contributed by atoms with van der Waals surface area (Å²) in [5, 5.41) is 10.1. The largest absolute Gasteiger partial charge is 0.396 e. The van der Waals surface area contributed by atoms with Crippen LogP contribution in [0.15, 0.2) is 24.3 Å². The lowest BCUT2D eigenvalue weighted by atomic mass is 9.82. The van der Waals surface area contributed by atoms with Gasteiger partial charge in [0.15, 0.2) is 0 Å². The van der Waals surface area contributed by atoms with Gasteiger partial charge in [-0.3, -0.25) is 9.59 Å². The minimum atomic E-state index is -0.415. The van der Waals surface area contributed by atoms with E-state index in [1.165, 1.54) is 5.56 Å². The van der Waals surface area contributed by atoms with Crippen molar-refractivity contribution in [2.24, 2.45) is 11.3 Å². The van der Waals surface area contributed by atoms with Gasteiger partial charge in [0, 0.05) is 51.0 Å². The van der Waals surface area contributed by atoms with Crippen LogP contribution in [0.25, 0.3) is 0 Å². The number of rotatable bonds is 9. The van der Waals surface area contributed by atoms with E-state index >= 15 is 0 Å². The van der Waals surface area contributed by atoms with E-state index in [0.717, 1.165) is 12.0 Å². The van der Waals surface area contributed by atoms with Gasteiger partial charge in [-0.25, -0.2) is 0 Å². The molecule has 2 aliphatic heterocycles. The molecule has 0 saturated carbocycles. The minimum Gasteiger partial charge on any atom is -0.396 e. The number of benzene rings is 1. The number of fused-ring (bicyclic) bond motifs is 1. The Labute approximate surface area is 172 Å². The second-order valence-electron chi connectivity index (χ2n) is 8.30. The predicted octanol–water partition coefficient (Wildman–Crippen LogP) is 0.870. The molecular formula is C22H32N2O5. The first-order chi connectivity index (χ1) is 14.0. The van der Waals surface area contributed by atoms with Crippen molar-refractivity contribution >= 4 is 11.8 Å². The molecule has 0 aromatic heterocycles. The molecule has 2 amide bonds. The Bertz CT molecular complexity index is 708. The number of hydrogen-bond acceptors (Lipinski definition) is 5. The molecule has 2 atom stereocenters. The summed E-state index contributed by atoms with van der Waals surface area (Å²) in [6.07, 6.45) is 1.18. The van der Waals surface area contributed by atoms with Gasteiger partial charge < -0.3 is 24.4 Å². The number of methoxy groups -OCH3 is 1. The predicted molar refractivity (Wildman–Crippen MR) is 108 cm³/mol. The molecule has 7 heteroatoms. The van der Waals surface area contributed by atoms with Crippen molar-refractivity contribution in [3.05, 3.63) is 35.4 Å². The average Bonchev–Trinajstić information content (AvgIpc) is 3.25. The molecule has 0 bridgehead atoms. The van der Waals surface area contributed by atoms with E-state index < -0.39 is 5.41 Å². The lowest BCUT2D eigenvalue weighted by molar-refractivity contribution is -0.136. The molecule has 0 unspecified atom stereocenters. The van der Waals surface area contributed by atoms with Crippen molar-refractivity contribution in [3.63, 3.8) is 0 Å². The van der Waals surface area contributed by atoms with Crippen LogP contribution in [0.1, 0.15) is 17.5 Å².